The predicted molar refractivity (Wildman–Crippen MR) is 145 cm³/mol. The maximum absolute atomic E-state index is 14.1. The Kier molecular flexibility index (Phi) is 7.55. The van der Waals surface area contributed by atoms with Crippen LogP contribution in [0.4, 0.5) is 0 Å². The molecule has 2 aromatic heterocycles. The summed E-state index contributed by atoms with van der Waals surface area (Å²) in [5, 5.41) is 5.23. The fraction of sp³-hybridized carbons (Fsp3) is 0.345. The Morgan fingerprint density at radius 2 is 1.86 bits per heavy atom. The Labute approximate surface area is 221 Å². The number of aromatic nitrogens is 2. The lowest BCUT2D eigenvalue weighted by Gasteiger charge is -2.32. The Bertz CT molecular complexity index is 1360. The van der Waals surface area contributed by atoms with E-state index in [2.05, 4.69) is 10.3 Å². The minimum Gasteiger partial charge on any atom is -0.497 e. The SMILES string of the molecule is COc1ccc([C@H](C(=O)NC2CCCC2)N(Cc2cccs2)C(=O)Cn2c(C)nc3ccccc32)cc1. The number of rotatable bonds is 9. The molecule has 2 heterocycles. The third-order valence-electron chi connectivity index (χ3n) is 7.06. The number of para-hydroxylation sites is 2. The molecular formula is C29H32N4O3S. The summed E-state index contributed by atoms with van der Waals surface area (Å²) in [5.41, 5.74) is 2.51. The van der Waals surface area contributed by atoms with Crippen LogP contribution in [0.3, 0.4) is 0 Å². The highest BCUT2D eigenvalue weighted by atomic mass is 32.1. The molecule has 0 aliphatic heterocycles. The number of hydrogen-bond acceptors (Lipinski definition) is 5. The first-order valence-electron chi connectivity index (χ1n) is 12.7. The normalized spacial score (nSPS) is 14.5. The molecule has 0 unspecified atom stereocenters. The Balaban J connectivity index is 1.52. The van der Waals surface area contributed by atoms with Gasteiger partial charge >= 0.3 is 0 Å². The highest BCUT2D eigenvalue weighted by molar-refractivity contribution is 7.09. The number of carbonyl (C=O) groups is 2. The number of aryl methyl sites for hydroxylation is 1. The van der Waals surface area contributed by atoms with Gasteiger partial charge in [0.1, 0.15) is 24.2 Å². The van der Waals surface area contributed by atoms with Crippen molar-refractivity contribution in [1.29, 1.82) is 0 Å². The molecule has 2 aromatic carbocycles. The van der Waals surface area contributed by atoms with Gasteiger partial charge in [-0.15, -0.1) is 11.3 Å². The van der Waals surface area contributed by atoms with Gasteiger partial charge < -0.3 is 19.5 Å². The largest absolute Gasteiger partial charge is 0.497 e. The summed E-state index contributed by atoms with van der Waals surface area (Å²) >= 11 is 1.58. The number of fused-ring (bicyclic) bond motifs is 1. The van der Waals surface area contributed by atoms with Crippen molar-refractivity contribution in [2.45, 2.75) is 57.8 Å². The van der Waals surface area contributed by atoms with Gasteiger partial charge in [-0.1, -0.05) is 43.2 Å². The number of nitrogens with zero attached hydrogens (tertiary/aromatic N) is 3. The van der Waals surface area contributed by atoms with E-state index in [0.29, 0.717) is 12.3 Å². The van der Waals surface area contributed by atoms with E-state index in [-0.39, 0.29) is 24.4 Å². The number of imidazole rings is 1. The van der Waals surface area contributed by atoms with Crippen molar-refractivity contribution in [1.82, 2.24) is 19.8 Å². The van der Waals surface area contributed by atoms with Crippen molar-refractivity contribution in [3.8, 4) is 5.75 Å². The molecule has 192 valence electrons. The molecule has 1 aliphatic carbocycles. The number of ether oxygens (including phenoxy) is 1. The average Bonchev–Trinajstić information content (AvgIpc) is 3.67. The maximum Gasteiger partial charge on any atom is 0.247 e. The van der Waals surface area contributed by atoms with Crippen LogP contribution in [0.15, 0.2) is 66.0 Å². The maximum atomic E-state index is 14.1. The standard InChI is InChI=1S/C29H32N4O3S/c1-20-30-25-11-5-6-12-26(25)32(20)19-27(34)33(18-24-10-7-17-37-24)28(21-13-15-23(36-2)16-14-21)29(35)31-22-8-3-4-9-22/h5-7,10-17,22,28H,3-4,8-9,18-19H2,1-2H3,(H,31,35)/t28-/m1/s1. The monoisotopic (exact) mass is 516 g/mol. The number of thiophene rings is 1. The average molecular weight is 517 g/mol. The van der Waals surface area contributed by atoms with Crippen molar-refractivity contribution in [3.63, 3.8) is 0 Å². The molecule has 0 saturated heterocycles. The molecule has 4 aromatic rings. The number of benzene rings is 2. The first-order chi connectivity index (χ1) is 18.0. The summed E-state index contributed by atoms with van der Waals surface area (Å²) in [6.45, 7) is 2.35. The summed E-state index contributed by atoms with van der Waals surface area (Å²) in [5.74, 6) is 1.19. The van der Waals surface area contributed by atoms with E-state index in [4.69, 9.17) is 4.74 Å². The summed E-state index contributed by atoms with van der Waals surface area (Å²) in [7, 11) is 1.61. The molecule has 2 amide bonds. The van der Waals surface area contributed by atoms with Crippen LogP contribution in [0.2, 0.25) is 0 Å². The molecule has 37 heavy (non-hydrogen) atoms. The molecule has 0 radical (unpaired) electrons. The van der Waals surface area contributed by atoms with Crippen molar-refractivity contribution in [3.05, 3.63) is 82.3 Å². The third-order valence-corrected chi connectivity index (χ3v) is 7.92. The number of carbonyl (C=O) groups excluding carboxylic acids is 2. The second-order valence-corrected chi connectivity index (χ2v) is 10.5. The first kappa shape index (κ1) is 25.0. The minimum absolute atomic E-state index is 0.0983. The van der Waals surface area contributed by atoms with Crippen LogP contribution in [0.5, 0.6) is 5.75 Å². The molecule has 1 fully saturated rings. The van der Waals surface area contributed by atoms with Crippen LogP contribution >= 0.6 is 11.3 Å². The zero-order valence-electron chi connectivity index (χ0n) is 21.2. The predicted octanol–water partition coefficient (Wildman–Crippen LogP) is 5.24. The van der Waals surface area contributed by atoms with E-state index in [9.17, 15) is 9.59 Å². The second kappa shape index (κ2) is 11.2. The van der Waals surface area contributed by atoms with Crippen molar-refractivity contribution in [2.75, 3.05) is 7.11 Å². The van der Waals surface area contributed by atoms with E-state index in [1.54, 1.807) is 23.3 Å². The molecule has 1 aliphatic rings. The molecule has 5 rings (SSSR count). The number of hydrogen-bond donors (Lipinski definition) is 1. The van der Waals surface area contributed by atoms with Gasteiger partial charge in [-0.05, 0) is 61.0 Å². The lowest BCUT2D eigenvalue weighted by atomic mass is 10.0. The fourth-order valence-corrected chi connectivity index (χ4v) is 5.83. The summed E-state index contributed by atoms with van der Waals surface area (Å²) in [6, 6.07) is 18.6. The fourth-order valence-electron chi connectivity index (χ4n) is 5.12. The zero-order chi connectivity index (χ0) is 25.8. The van der Waals surface area contributed by atoms with Gasteiger partial charge in [0.2, 0.25) is 11.8 Å². The number of methoxy groups -OCH3 is 1. The van der Waals surface area contributed by atoms with Gasteiger partial charge in [0, 0.05) is 10.9 Å². The molecule has 1 saturated carbocycles. The van der Waals surface area contributed by atoms with Crippen LogP contribution in [0.25, 0.3) is 11.0 Å². The number of amides is 2. The molecule has 1 atom stereocenters. The molecule has 8 heteroatoms. The van der Waals surface area contributed by atoms with Crippen molar-refractivity contribution in [2.24, 2.45) is 0 Å². The highest BCUT2D eigenvalue weighted by Crippen LogP contribution is 2.29. The van der Waals surface area contributed by atoms with Gasteiger partial charge in [0.05, 0.1) is 24.7 Å². The van der Waals surface area contributed by atoms with Crippen LogP contribution in [0.1, 0.15) is 48.0 Å². The zero-order valence-corrected chi connectivity index (χ0v) is 22.0. The topological polar surface area (TPSA) is 76.5 Å². The molecule has 1 N–H and O–H groups in total. The van der Waals surface area contributed by atoms with Gasteiger partial charge in [-0.3, -0.25) is 9.59 Å². The summed E-state index contributed by atoms with van der Waals surface area (Å²) in [6.07, 6.45) is 4.17. The smallest absolute Gasteiger partial charge is 0.247 e. The van der Waals surface area contributed by atoms with Crippen molar-refractivity contribution >= 4 is 34.2 Å². The van der Waals surface area contributed by atoms with E-state index in [1.807, 2.05) is 77.5 Å². The Morgan fingerprint density at radius 1 is 1.11 bits per heavy atom. The van der Waals surface area contributed by atoms with Gasteiger partial charge in [-0.25, -0.2) is 4.98 Å². The lowest BCUT2D eigenvalue weighted by Crippen LogP contribution is -2.46. The molecule has 7 nitrogen and oxygen atoms in total. The van der Waals surface area contributed by atoms with E-state index in [0.717, 1.165) is 53.0 Å². The minimum atomic E-state index is -0.767. The highest BCUT2D eigenvalue weighted by Gasteiger charge is 2.34. The summed E-state index contributed by atoms with van der Waals surface area (Å²) < 4.78 is 7.27. The first-order valence-corrected chi connectivity index (χ1v) is 13.6. The third kappa shape index (κ3) is 5.54. The number of nitrogens with one attached hydrogen (secondary N) is 1. The summed E-state index contributed by atoms with van der Waals surface area (Å²) in [4.78, 5) is 35.3. The molecule has 0 spiro atoms. The van der Waals surface area contributed by atoms with Crippen LogP contribution in [-0.2, 0) is 22.7 Å². The van der Waals surface area contributed by atoms with Crippen LogP contribution in [-0.4, -0.2) is 39.4 Å². The van der Waals surface area contributed by atoms with E-state index in [1.165, 1.54) is 0 Å². The second-order valence-electron chi connectivity index (χ2n) is 9.50. The van der Waals surface area contributed by atoms with Crippen LogP contribution in [0, 0.1) is 6.92 Å². The lowest BCUT2D eigenvalue weighted by molar-refractivity contribution is -0.142. The molecule has 0 bridgehead atoms. The van der Waals surface area contributed by atoms with E-state index >= 15 is 0 Å². The molecular weight excluding hydrogens is 484 g/mol. The Morgan fingerprint density at radius 3 is 2.57 bits per heavy atom. The van der Waals surface area contributed by atoms with Crippen molar-refractivity contribution < 1.29 is 14.3 Å². The van der Waals surface area contributed by atoms with Crippen LogP contribution < -0.4 is 10.1 Å². The van der Waals surface area contributed by atoms with Gasteiger partial charge in [-0.2, -0.15) is 0 Å². The quantitative estimate of drug-likeness (QED) is 0.330. The van der Waals surface area contributed by atoms with E-state index < -0.39 is 6.04 Å². The Hall–Kier alpha value is -3.65. The van der Waals surface area contributed by atoms with Gasteiger partial charge in [0.25, 0.3) is 0 Å². The van der Waals surface area contributed by atoms with Gasteiger partial charge in [0.15, 0.2) is 0 Å².